The molecule has 1 aliphatic heterocycles. The Morgan fingerprint density at radius 1 is 1.00 bits per heavy atom. The number of esters is 1. The summed E-state index contributed by atoms with van der Waals surface area (Å²) in [5, 5.41) is 12.1. The van der Waals surface area contributed by atoms with Crippen molar-refractivity contribution in [3.63, 3.8) is 0 Å². The Morgan fingerprint density at radius 3 is 1.83 bits per heavy atom. The van der Waals surface area contributed by atoms with Crippen LogP contribution in [0.1, 0.15) is 41.5 Å². The topological polar surface area (TPSA) is 77.1 Å². The van der Waals surface area contributed by atoms with Gasteiger partial charge >= 0.3 is 31.9 Å². The van der Waals surface area contributed by atoms with Gasteiger partial charge in [0.25, 0.3) is 0 Å². The number of carbonyl (C=O) groups excluding carboxylic acids is 1. The molecule has 0 aromatic heterocycles. The molecule has 12 heteroatoms. The summed E-state index contributed by atoms with van der Waals surface area (Å²) < 4.78 is 22.3. The van der Waals surface area contributed by atoms with Gasteiger partial charge in [-0.05, 0) is 41.2 Å². The Labute approximate surface area is 211 Å². The minimum atomic E-state index is -1.15. The van der Waals surface area contributed by atoms with Crippen LogP contribution in [0.2, 0.25) is 5.82 Å². The molecule has 0 bridgehead atoms. The first-order valence-corrected chi connectivity index (χ1v) is 11.1. The molecule has 0 saturated carbocycles. The quantitative estimate of drug-likeness (QED) is 0.194. The summed E-state index contributed by atoms with van der Waals surface area (Å²) in [5.74, 6) is -4.38. The van der Waals surface area contributed by atoms with E-state index >= 15 is 0 Å². The number of ether oxygens (including phenoxy) is 2. The van der Waals surface area contributed by atoms with Gasteiger partial charge in [-0.25, -0.2) is 0 Å². The number of hydrogen-bond acceptors (Lipinski definition) is 6. The number of rotatable bonds is 10. The van der Waals surface area contributed by atoms with E-state index in [0.29, 0.717) is 0 Å². The Hall–Kier alpha value is 0.552. The second kappa shape index (κ2) is 12.7. The molecule has 0 aromatic carbocycles. The fourth-order valence-electron chi connectivity index (χ4n) is 2.98. The molecule has 1 saturated heterocycles. The van der Waals surface area contributed by atoms with Gasteiger partial charge in [-0.15, -0.1) is 46.4 Å². The summed E-state index contributed by atoms with van der Waals surface area (Å²) in [7, 11) is -0.959. The number of halogens is 4. The fraction of sp³-hybridized carbons (Fsp3) is 0.833. The Bertz CT molecular complexity index is 575. The first kappa shape index (κ1) is 30.6. The van der Waals surface area contributed by atoms with E-state index in [2.05, 4.69) is 0 Å². The Morgan fingerprint density at radius 2 is 1.47 bits per heavy atom. The number of allylic oxidation sites excluding steroid dienone is 1. The van der Waals surface area contributed by atoms with Gasteiger partial charge in [0, 0.05) is 17.7 Å². The van der Waals surface area contributed by atoms with E-state index in [4.69, 9.17) is 65.2 Å². The van der Waals surface area contributed by atoms with Crippen LogP contribution in [0.25, 0.3) is 0 Å². The molecule has 0 spiro atoms. The van der Waals surface area contributed by atoms with Crippen molar-refractivity contribution in [1.29, 1.82) is 0 Å². The van der Waals surface area contributed by atoms with E-state index in [1.807, 2.05) is 27.7 Å². The van der Waals surface area contributed by atoms with Crippen LogP contribution >= 0.6 is 46.4 Å². The fourth-order valence-corrected chi connectivity index (χ4v) is 3.99. The molecule has 0 aromatic rings. The number of carbonyl (C=O) groups is 1. The van der Waals surface area contributed by atoms with Crippen LogP contribution in [0.3, 0.4) is 0 Å². The summed E-state index contributed by atoms with van der Waals surface area (Å²) in [6.07, 6.45) is 1.14. The maximum atomic E-state index is 12.9. The van der Waals surface area contributed by atoms with Crippen LogP contribution < -0.4 is 24.0 Å². The molecule has 30 heavy (non-hydrogen) atoms. The molecule has 1 rings (SSSR count). The summed E-state index contributed by atoms with van der Waals surface area (Å²) in [4.78, 5) is 10.7. The number of alkyl halides is 4. The zero-order valence-corrected chi connectivity index (χ0v) is 21.4. The van der Waals surface area contributed by atoms with Crippen molar-refractivity contribution in [2.45, 2.75) is 68.2 Å². The molecular weight excluding hydrogens is 472 g/mol. The summed E-state index contributed by atoms with van der Waals surface area (Å²) in [6.45, 7) is 11.0. The van der Waals surface area contributed by atoms with E-state index in [0.717, 1.165) is 6.08 Å². The molecule has 168 valence electrons. The molecular formula is C18H28BCl4LiO6. The summed E-state index contributed by atoms with van der Waals surface area (Å²) in [5.41, 5.74) is -1.39. The van der Waals surface area contributed by atoms with Gasteiger partial charge in [-0.1, -0.05) is 13.0 Å². The molecule has 1 unspecified atom stereocenters. The first-order valence-electron chi connectivity index (χ1n) is 9.39. The van der Waals surface area contributed by atoms with Crippen LogP contribution in [0.4, 0.5) is 0 Å². The van der Waals surface area contributed by atoms with Gasteiger partial charge in [0.2, 0.25) is 0 Å². The van der Waals surface area contributed by atoms with Gasteiger partial charge < -0.3 is 23.9 Å². The Kier molecular flexibility index (Phi) is 12.9. The van der Waals surface area contributed by atoms with Crippen molar-refractivity contribution in [2.24, 2.45) is 11.8 Å². The van der Waals surface area contributed by atoms with E-state index in [1.165, 1.54) is 0 Å². The average molecular weight is 500 g/mol. The molecule has 0 N–H and O–H groups in total. The van der Waals surface area contributed by atoms with Crippen LogP contribution in [0, 0.1) is 11.8 Å². The molecule has 3 atom stereocenters. The molecule has 0 radical (unpaired) electrons. The zero-order chi connectivity index (χ0) is 22.6. The third-order valence-electron chi connectivity index (χ3n) is 5.17. The van der Waals surface area contributed by atoms with Crippen LogP contribution in [0.15, 0.2) is 12.0 Å². The van der Waals surface area contributed by atoms with Crippen molar-refractivity contribution >= 4 is 59.5 Å². The molecule has 1 aliphatic rings. The van der Waals surface area contributed by atoms with Gasteiger partial charge in [0.15, 0.2) is 0 Å². The zero-order valence-electron chi connectivity index (χ0n) is 18.4. The number of hydrogen-bond donors (Lipinski definition) is 0. The molecule has 0 aliphatic carbocycles. The Balaban J connectivity index is 0.00000841. The van der Waals surface area contributed by atoms with Crippen LogP contribution in [-0.2, 0) is 23.6 Å². The molecule has 1 fully saturated rings. The SMILES string of the molecule is CCOC(=O)[C@@H](C(B1OC(C)(C)C(C)(C)O1)C(Cl)Cl)[C@H](/C=C(/[O-])OCC)C(Cl)Cl.[Li+]. The summed E-state index contributed by atoms with van der Waals surface area (Å²) in [6, 6.07) is 0. The normalized spacial score (nSPS) is 21.2. The van der Waals surface area contributed by atoms with Crippen LogP contribution in [0.5, 0.6) is 0 Å². The van der Waals surface area contributed by atoms with Gasteiger partial charge in [0.1, 0.15) is 9.67 Å². The van der Waals surface area contributed by atoms with E-state index in [9.17, 15) is 9.90 Å². The third kappa shape index (κ3) is 7.56. The van der Waals surface area contributed by atoms with E-state index < -0.39 is 57.6 Å². The molecule has 6 nitrogen and oxygen atoms in total. The largest absolute Gasteiger partial charge is 1.00 e. The summed E-state index contributed by atoms with van der Waals surface area (Å²) >= 11 is 24.8. The van der Waals surface area contributed by atoms with E-state index in [-0.39, 0.29) is 32.1 Å². The molecule has 1 heterocycles. The van der Waals surface area contributed by atoms with Gasteiger partial charge in [0.05, 0.1) is 23.7 Å². The van der Waals surface area contributed by atoms with Crippen molar-refractivity contribution in [3.8, 4) is 0 Å². The minimum absolute atomic E-state index is 0. The second-order valence-electron chi connectivity index (χ2n) is 7.64. The van der Waals surface area contributed by atoms with Gasteiger partial charge in [-0.2, -0.15) is 0 Å². The minimum Gasteiger partial charge on any atom is -0.614 e. The maximum absolute atomic E-state index is 12.9. The van der Waals surface area contributed by atoms with Crippen molar-refractivity contribution in [2.75, 3.05) is 13.2 Å². The average Bonchev–Trinajstić information content (AvgIpc) is 2.77. The standard InChI is InChI=1S/C18H29BCl4O6.Li/c1-7-26-11(24)9-10(14(20)21)12(16(25)27-8-2)13(15(22)23)19-28-17(3,4)18(5,6)29-19;/h9-10,12-15,24H,7-8H2,1-6H3;/q;+1/p-1/b11-9-;/t10-,12+,13?;/m0./s1. The maximum Gasteiger partial charge on any atom is 1.00 e. The smallest absolute Gasteiger partial charge is 0.614 e. The molecule has 0 amide bonds. The van der Waals surface area contributed by atoms with Crippen molar-refractivity contribution in [3.05, 3.63) is 12.0 Å². The predicted octanol–water partition coefficient (Wildman–Crippen LogP) is 1.09. The van der Waals surface area contributed by atoms with Crippen molar-refractivity contribution < 1.29 is 47.5 Å². The second-order valence-corrected chi connectivity index (χ2v) is 9.97. The van der Waals surface area contributed by atoms with Crippen molar-refractivity contribution in [1.82, 2.24) is 0 Å². The first-order chi connectivity index (χ1) is 13.3. The van der Waals surface area contributed by atoms with Crippen LogP contribution in [-0.4, -0.2) is 47.2 Å². The predicted molar refractivity (Wildman–Crippen MR) is 114 cm³/mol. The van der Waals surface area contributed by atoms with E-state index in [1.54, 1.807) is 13.8 Å². The monoisotopic (exact) mass is 498 g/mol. The third-order valence-corrected chi connectivity index (χ3v) is 6.33. The van der Waals surface area contributed by atoms with Gasteiger partial charge in [-0.3, -0.25) is 4.79 Å².